The molecule has 0 radical (unpaired) electrons. The van der Waals surface area contributed by atoms with Crippen molar-refractivity contribution in [2.24, 2.45) is 0 Å². The molecule has 0 aliphatic carbocycles. The third-order valence-electron chi connectivity index (χ3n) is 3.23. The lowest BCUT2D eigenvalue weighted by atomic mass is 10.3. The number of benzene rings is 1. The zero-order valence-corrected chi connectivity index (χ0v) is 11.7. The number of hydrogen-bond acceptors (Lipinski definition) is 4. The first-order valence-corrected chi connectivity index (χ1v) is 6.74. The molecule has 0 bridgehead atoms. The minimum absolute atomic E-state index is 0.686. The van der Waals surface area contributed by atoms with Gasteiger partial charge in [-0.1, -0.05) is 12.1 Å². The van der Waals surface area contributed by atoms with E-state index in [1.54, 1.807) is 6.20 Å². The van der Waals surface area contributed by atoms with Crippen molar-refractivity contribution in [1.82, 2.24) is 19.5 Å². The van der Waals surface area contributed by atoms with Gasteiger partial charge in [0, 0.05) is 6.54 Å². The fraction of sp³-hybridized carbons (Fsp3) is 0.267. The summed E-state index contributed by atoms with van der Waals surface area (Å²) in [5.74, 6) is 1.80. The molecule has 1 N–H and O–H groups in total. The first-order valence-electron chi connectivity index (χ1n) is 6.74. The van der Waals surface area contributed by atoms with E-state index < -0.39 is 0 Å². The van der Waals surface area contributed by atoms with E-state index in [2.05, 4.69) is 30.9 Å². The molecule has 2 aromatic heterocycles. The highest BCUT2D eigenvalue weighted by molar-refractivity contribution is 5.75. The molecule has 0 spiro atoms. The summed E-state index contributed by atoms with van der Waals surface area (Å²) >= 11 is 0. The molecule has 3 aromatic rings. The molecule has 0 atom stereocenters. The number of nitrogens with one attached hydrogen (secondary N) is 1. The largest absolute Gasteiger partial charge is 0.369 e. The third-order valence-corrected chi connectivity index (χ3v) is 3.23. The minimum Gasteiger partial charge on any atom is -0.369 e. The molecule has 0 aliphatic rings. The van der Waals surface area contributed by atoms with Gasteiger partial charge in [0.05, 0.1) is 35.7 Å². The van der Waals surface area contributed by atoms with Crippen LogP contribution < -0.4 is 5.32 Å². The SMILES string of the molecule is CCNc1cnc(Cn2c(C)nc3ccccc32)cn1. The Morgan fingerprint density at radius 3 is 2.75 bits per heavy atom. The topological polar surface area (TPSA) is 55.6 Å². The number of fused-ring (bicyclic) bond motifs is 1. The van der Waals surface area contributed by atoms with Gasteiger partial charge >= 0.3 is 0 Å². The van der Waals surface area contributed by atoms with Crippen LogP contribution in [0.2, 0.25) is 0 Å². The van der Waals surface area contributed by atoms with Gasteiger partial charge in [0.1, 0.15) is 11.6 Å². The van der Waals surface area contributed by atoms with Gasteiger partial charge in [-0.3, -0.25) is 4.98 Å². The van der Waals surface area contributed by atoms with E-state index in [4.69, 9.17) is 0 Å². The Morgan fingerprint density at radius 1 is 1.15 bits per heavy atom. The molecule has 0 aliphatic heterocycles. The highest BCUT2D eigenvalue weighted by atomic mass is 15.1. The maximum absolute atomic E-state index is 4.56. The van der Waals surface area contributed by atoms with Crippen molar-refractivity contribution >= 4 is 16.9 Å². The number of para-hydroxylation sites is 2. The van der Waals surface area contributed by atoms with Crippen LogP contribution in [0.5, 0.6) is 0 Å². The average molecular weight is 267 g/mol. The molecule has 0 unspecified atom stereocenters. The normalized spacial score (nSPS) is 10.9. The zero-order valence-electron chi connectivity index (χ0n) is 11.7. The Labute approximate surface area is 117 Å². The van der Waals surface area contributed by atoms with Gasteiger partial charge in [-0.25, -0.2) is 9.97 Å². The molecule has 102 valence electrons. The summed E-state index contributed by atoms with van der Waals surface area (Å²) in [6, 6.07) is 8.14. The number of aryl methyl sites for hydroxylation is 1. The van der Waals surface area contributed by atoms with E-state index in [9.17, 15) is 0 Å². The standard InChI is InChI=1S/C15H17N5/c1-3-16-15-9-17-12(8-18-15)10-20-11(2)19-13-6-4-5-7-14(13)20/h4-9H,3,10H2,1-2H3,(H,16,18). The monoisotopic (exact) mass is 267 g/mol. The molecule has 1 aromatic carbocycles. The van der Waals surface area contributed by atoms with E-state index in [0.29, 0.717) is 6.54 Å². The minimum atomic E-state index is 0.686. The molecule has 0 saturated carbocycles. The number of hydrogen-bond donors (Lipinski definition) is 1. The molecule has 5 nitrogen and oxygen atoms in total. The van der Waals surface area contributed by atoms with Gasteiger partial charge < -0.3 is 9.88 Å². The summed E-state index contributed by atoms with van der Waals surface area (Å²) in [5.41, 5.74) is 3.07. The smallest absolute Gasteiger partial charge is 0.144 e. The predicted octanol–water partition coefficient (Wildman–Crippen LogP) is 2.61. The second-order valence-corrected chi connectivity index (χ2v) is 4.66. The number of imidazole rings is 1. The number of anilines is 1. The van der Waals surface area contributed by atoms with Crippen LogP contribution in [-0.2, 0) is 6.54 Å². The van der Waals surface area contributed by atoms with E-state index in [-0.39, 0.29) is 0 Å². The van der Waals surface area contributed by atoms with Crippen LogP contribution in [0.25, 0.3) is 11.0 Å². The van der Waals surface area contributed by atoms with E-state index in [1.807, 2.05) is 38.2 Å². The lowest BCUT2D eigenvalue weighted by Crippen LogP contribution is -2.06. The average Bonchev–Trinajstić information content (AvgIpc) is 2.78. The molecule has 5 heteroatoms. The second-order valence-electron chi connectivity index (χ2n) is 4.66. The second kappa shape index (κ2) is 5.28. The van der Waals surface area contributed by atoms with Gasteiger partial charge in [-0.2, -0.15) is 0 Å². The van der Waals surface area contributed by atoms with Crippen molar-refractivity contribution in [3.63, 3.8) is 0 Å². The molecule has 20 heavy (non-hydrogen) atoms. The van der Waals surface area contributed by atoms with Crippen LogP contribution in [0.15, 0.2) is 36.7 Å². The van der Waals surface area contributed by atoms with Crippen molar-refractivity contribution in [2.45, 2.75) is 20.4 Å². The molecule has 0 fully saturated rings. The van der Waals surface area contributed by atoms with Gasteiger partial charge in [0.25, 0.3) is 0 Å². The molecule has 0 amide bonds. The van der Waals surface area contributed by atoms with E-state index in [0.717, 1.165) is 34.9 Å². The Morgan fingerprint density at radius 2 is 2.00 bits per heavy atom. The van der Waals surface area contributed by atoms with Crippen molar-refractivity contribution < 1.29 is 0 Å². The molecular weight excluding hydrogens is 250 g/mol. The number of nitrogens with zero attached hydrogens (tertiary/aromatic N) is 4. The number of rotatable bonds is 4. The fourth-order valence-corrected chi connectivity index (χ4v) is 2.27. The van der Waals surface area contributed by atoms with Crippen LogP contribution in [0.4, 0.5) is 5.82 Å². The molecular formula is C15H17N5. The first kappa shape index (κ1) is 12.6. The van der Waals surface area contributed by atoms with Crippen LogP contribution in [0.3, 0.4) is 0 Å². The lowest BCUT2D eigenvalue weighted by Gasteiger charge is -2.07. The summed E-state index contributed by atoms with van der Waals surface area (Å²) in [6.45, 7) is 5.59. The summed E-state index contributed by atoms with van der Waals surface area (Å²) in [7, 11) is 0. The summed E-state index contributed by atoms with van der Waals surface area (Å²) in [6.07, 6.45) is 3.58. The van der Waals surface area contributed by atoms with Crippen LogP contribution in [-0.4, -0.2) is 26.1 Å². The van der Waals surface area contributed by atoms with Gasteiger partial charge in [0.15, 0.2) is 0 Å². The van der Waals surface area contributed by atoms with Crippen LogP contribution >= 0.6 is 0 Å². The highest BCUT2D eigenvalue weighted by Crippen LogP contribution is 2.16. The molecule has 3 rings (SSSR count). The summed E-state index contributed by atoms with van der Waals surface area (Å²) in [4.78, 5) is 13.4. The Hall–Kier alpha value is -2.43. The first-order chi connectivity index (χ1) is 9.78. The quantitative estimate of drug-likeness (QED) is 0.789. The summed E-state index contributed by atoms with van der Waals surface area (Å²) in [5, 5.41) is 3.14. The third kappa shape index (κ3) is 2.34. The Bertz CT molecular complexity index is 715. The number of aromatic nitrogens is 4. The lowest BCUT2D eigenvalue weighted by molar-refractivity contribution is 0.759. The molecule has 0 saturated heterocycles. The molecule has 2 heterocycles. The Balaban J connectivity index is 1.91. The van der Waals surface area contributed by atoms with Crippen molar-refractivity contribution in [2.75, 3.05) is 11.9 Å². The summed E-state index contributed by atoms with van der Waals surface area (Å²) < 4.78 is 2.16. The van der Waals surface area contributed by atoms with E-state index in [1.165, 1.54) is 0 Å². The van der Waals surface area contributed by atoms with Crippen LogP contribution in [0, 0.1) is 6.92 Å². The van der Waals surface area contributed by atoms with Gasteiger partial charge in [-0.15, -0.1) is 0 Å². The van der Waals surface area contributed by atoms with Crippen LogP contribution in [0.1, 0.15) is 18.4 Å². The van der Waals surface area contributed by atoms with E-state index >= 15 is 0 Å². The van der Waals surface area contributed by atoms with Crippen molar-refractivity contribution in [3.05, 3.63) is 48.2 Å². The van der Waals surface area contributed by atoms with Crippen molar-refractivity contribution in [1.29, 1.82) is 0 Å². The maximum Gasteiger partial charge on any atom is 0.144 e. The van der Waals surface area contributed by atoms with Gasteiger partial charge in [-0.05, 0) is 26.0 Å². The predicted molar refractivity (Wildman–Crippen MR) is 79.8 cm³/mol. The van der Waals surface area contributed by atoms with Gasteiger partial charge in [0.2, 0.25) is 0 Å². The maximum atomic E-state index is 4.56. The van der Waals surface area contributed by atoms with Crippen molar-refractivity contribution in [3.8, 4) is 0 Å². The fourth-order valence-electron chi connectivity index (χ4n) is 2.27. The highest BCUT2D eigenvalue weighted by Gasteiger charge is 2.07. The Kier molecular flexibility index (Phi) is 3.33. The zero-order chi connectivity index (χ0) is 13.9.